The number of hydrogen-bond acceptors (Lipinski definition) is 6. The van der Waals surface area contributed by atoms with Gasteiger partial charge in [0.25, 0.3) is 0 Å². The summed E-state index contributed by atoms with van der Waals surface area (Å²) < 4.78 is 5.25. The van der Waals surface area contributed by atoms with Gasteiger partial charge in [0.05, 0.1) is 16.3 Å². The Morgan fingerprint density at radius 3 is 2.85 bits per heavy atom. The zero-order valence-electron chi connectivity index (χ0n) is 15.8. The van der Waals surface area contributed by atoms with Crippen LogP contribution in [0.4, 0.5) is 5.13 Å². The molecule has 3 aromatic rings. The molecule has 5 nitrogen and oxygen atoms in total. The predicted molar refractivity (Wildman–Crippen MR) is 110 cm³/mol. The molecule has 0 aromatic carbocycles. The molecule has 27 heavy (non-hydrogen) atoms. The Bertz CT molecular complexity index is 950. The summed E-state index contributed by atoms with van der Waals surface area (Å²) in [6.45, 7) is 2.75. The average molecular weight is 381 g/mol. The molecular formula is C21H24N4OS. The Balaban J connectivity index is 1.89. The third-order valence-electron chi connectivity index (χ3n) is 5.02. The molecule has 0 radical (unpaired) electrons. The summed E-state index contributed by atoms with van der Waals surface area (Å²) in [4.78, 5) is 15.2. The second-order valence-corrected chi connectivity index (χ2v) is 7.98. The topological polar surface area (TPSA) is 73.9 Å². The molecule has 0 spiro atoms. The predicted octanol–water partition coefficient (Wildman–Crippen LogP) is 4.23. The summed E-state index contributed by atoms with van der Waals surface area (Å²) in [6, 6.07) is 4.16. The van der Waals surface area contributed by atoms with Gasteiger partial charge in [-0.15, -0.1) is 0 Å². The lowest BCUT2D eigenvalue weighted by molar-refractivity contribution is 0.195. The highest BCUT2D eigenvalue weighted by molar-refractivity contribution is 7.19. The number of aromatic nitrogens is 3. The van der Waals surface area contributed by atoms with Crippen LogP contribution in [0, 0.1) is 6.92 Å². The van der Waals surface area contributed by atoms with Crippen molar-refractivity contribution in [3.05, 3.63) is 47.0 Å². The Morgan fingerprint density at radius 2 is 2.07 bits per heavy atom. The van der Waals surface area contributed by atoms with Gasteiger partial charge in [-0.2, -0.15) is 0 Å². The summed E-state index contributed by atoms with van der Waals surface area (Å²) in [5, 5.41) is 0.644. The van der Waals surface area contributed by atoms with Crippen molar-refractivity contribution in [1.29, 1.82) is 0 Å². The number of fused-ring (bicyclic) bond motifs is 3. The fraction of sp³-hybridized carbons (Fsp3) is 0.381. The van der Waals surface area contributed by atoms with E-state index in [2.05, 4.69) is 16.0 Å². The van der Waals surface area contributed by atoms with Crippen LogP contribution in [-0.4, -0.2) is 28.7 Å². The van der Waals surface area contributed by atoms with Crippen molar-refractivity contribution < 1.29 is 4.74 Å². The highest BCUT2D eigenvalue weighted by Crippen LogP contribution is 2.42. The van der Waals surface area contributed by atoms with Crippen molar-refractivity contribution in [3.8, 4) is 21.7 Å². The van der Waals surface area contributed by atoms with Crippen molar-refractivity contribution in [2.24, 2.45) is 0 Å². The Hall–Kier alpha value is -2.31. The molecule has 0 unspecified atom stereocenters. The summed E-state index contributed by atoms with van der Waals surface area (Å²) in [7, 11) is 1.74. The van der Waals surface area contributed by atoms with E-state index in [0.29, 0.717) is 5.13 Å². The maximum Gasteiger partial charge on any atom is 0.180 e. The maximum atomic E-state index is 6.07. The lowest BCUT2D eigenvalue weighted by Crippen LogP contribution is -2.02. The fourth-order valence-corrected chi connectivity index (χ4v) is 4.73. The number of hydrogen-bond donors (Lipinski definition) is 1. The van der Waals surface area contributed by atoms with Crippen LogP contribution >= 0.6 is 11.3 Å². The summed E-state index contributed by atoms with van der Waals surface area (Å²) in [6.07, 6.45) is 8.86. The SMILES string of the molecule is COCCCc1cnc(-c2ccc(C)nc2)c2c1-c1sc(N)nc1CCC2. The molecule has 0 bridgehead atoms. The van der Waals surface area contributed by atoms with Gasteiger partial charge in [0.15, 0.2) is 5.13 Å². The van der Waals surface area contributed by atoms with E-state index >= 15 is 0 Å². The van der Waals surface area contributed by atoms with Gasteiger partial charge >= 0.3 is 0 Å². The van der Waals surface area contributed by atoms with Crippen LogP contribution in [0.5, 0.6) is 0 Å². The highest BCUT2D eigenvalue weighted by atomic mass is 32.1. The van der Waals surface area contributed by atoms with Crippen LogP contribution in [0.1, 0.15) is 35.4 Å². The van der Waals surface area contributed by atoms with Gasteiger partial charge in [-0.25, -0.2) is 4.98 Å². The number of anilines is 1. The van der Waals surface area contributed by atoms with Crippen LogP contribution in [-0.2, 0) is 24.0 Å². The van der Waals surface area contributed by atoms with Crippen LogP contribution in [0.25, 0.3) is 21.7 Å². The summed E-state index contributed by atoms with van der Waals surface area (Å²) >= 11 is 1.60. The molecule has 0 fully saturated rings. The first-order valence-corrected chi connectivity index (χ1v) is 10.2. The standard InChI is InChI=1S/C21H24N4OS/c1-13-8-9-15(12-23-13)19-16-6-3-7-17-20(27-21(22)25-17)18(16)14(11-24-19)5-4-10-26-2/h8-9,11-12H,3-7,10H2,1-2H3,(H2,22,25). The monoisotopic (exact) mass is 380 g/mol. The van der Waals surface area contributed by atoms with Gasteiger partial charge in [-0.05, 0) is 62.3 Å². The zero-order valence-corrected chi connectivity index (χ0v) is 16.6. The van der Waals surface area contributed by atoms with Gasteiger partial charge in [0.1, 0.15) is 0 Å². The first kappa shape index (κ1) is 18.1. The molecule has 0 saturated carbocycles. The van der Waals surface area contributed by atoms with Crippen molar-refractivity contribution >= 4 is 16.5 Å². The summed E-state index contributed by atoms with van der Waals surface area (Å²) in [5.74, 6) is 0. The number of ether oxygens (including phenoxy) is 1. The highest BCUT2D eigenvalue weighted by Gasteiger charge is 2.25. The second kappa shape index (κ2) is 7.74. The summed E-state index contributed by atoms with van der Waals surface area (Å²) in [5.41, 5.74) is 14.2. The minimum atomic E-state index is 0.644. The van der Waals surface area contributed by atoms with E-state index in [1.807, 2.05) is 25.4 Å². The van der Waals surface area contributed by atoms with Crippen LogP contribution in [0.15, 0.2) is 24.5 Å². The molecule has 1 aliphatic carbocycles. The molecule has 1 aliphatic rings. The molecule has 0 saturated heterocycles. The number of methoxy groups -OCH3 is 1. The molecule has 2 N–H and O–H groups in total. The van der Waals surface area contributed by atoms with Crippen LogP contribution in [0.3, 0.4) is 0 Å². The first-order valence-electron chi connectivity index (χ1n) is 9.35. The van der Waals surface area contributed by atoms with E-state index in [1.54, 1.807) is 18.4 Å². The van der Waals surface area contributed by atoms with E-state index in [0.717, 1.165) is 61.4 Å². The molecule has 0 amide bonds. The number of nitrogens with zero attached hydrogens (tertiary/aromatic N) is 3. The number of rotatable bonds is 5. The van der Waals surface area contributed by atoms with Crippen LogP contribution < -0.4 is 5.73 Å². The maximum absolute atomic E-state index is 6.07. The largest absolute Gasteiger partial charge is 0.385 e. The minimum absolute atomic E-state index is 0.644. The van der Waals surface area contributed by atoms with E-state index in [4.69, 9.17) is 15.5 Å². The Labute approximate surface area is 163 Å². The van der Waals surface area contributed by atoms with E-state index in [1.165, 1.54) is 21.6 Å². The number of nitrogens with two attached hydrogens (primary N) is 1. The van der Waals surface area contributed by atoms with Crippen molar-refractivity contribution in [3.63, 3.8) is 0 Å². The van der Waals surface area contributed by atoms with Gasteiger partial charge in [0.2, 0.25) is 0 Å². The molecule has 3 aromatic heterocycles. The third kappa shape index (κ3) is 3.59. The van der Waals surface area contributed by atoms with Crippen LogP contribution in [0.2, 0.25) is 0 Å². The number of aryl methyl sites for hydroxylation is 3. The third-order valence-corrected chi connectivity index (χ3v) is 5.96. The zero-order chi connectivity index (χ0) is 18.8. The van der Waals surface area contributed by atoms with E-state index < -0.39 is 0 Å². The minimum Gasteiger partial charge on any atom is -0.385 e. The molecule has 0 aliphatic heterocycles. The molecule has 4 rings (SSSR count). The van der Waals surface area contributed by atoms with Gasteiger partial charge < -0.3 is 10.5 Å². The van der Waals surface area contributed by atoms with Gasteiger partial charge in [0, 0.05) is 42.9 Å². The van der Waals surface area contributed by atoms with Gasteiger partial charge in [-0.1, -0.05) is 11.3 Å². The molecule has 140 valence electrons. The van der Waals surface area contributed by atoms with E-state index in [-0.39, 0.29) is 0 Å². The number of thiazole rings is 1. The van der Waals surface area contributed by atoms with Crippen molar-refractivity contribution in [2.75, 3.05) is 19.5 Å². The Kier molecular flexibility index (Phi) is 5.18. The molecule has 6 heteroatoms. The lowest BCUT2D eigenvalue weighted by atomic mass is 9.93. The molecule has 0 atom stereocenters. The van der Waals surface area contributed by atoms with E-state index in [9.17, 15) is 0 Å². The normalized spacial score (nSPS) is 13.1. The fourth-order valence-electron chi connectivity index (χ4n) is 3.74. The molecule has 3 heterocycles. The first-order chi connectivity index (χ1) is 13.2. The smallest absolute Gasteiger partial charge is 0.180 e. The second-order valence-electron chi connectivity index (χ2n) is 6.95. The average Bonchev–Trinajstić information content (AvgIpc) is 2.94. The van der Waals surface area contributed by atoms with Gasteiger partial charge in [-0.3, -0.25) is 9.97 Å². The molecular weight excluding hydrogens is 356 g/mol. The van der Waals surface area contributed by atoms with Crippen molar-refractivity contribution in [1.82, 2.24) is 15.0 Å². The lowest BCUT2D eigenvalue weighted by Gasteiger charge is -2.16. The quantitative estimate of drug-likeness (QED) is 0.671. The van der Waals surface area contributed by atoms with Crippen molar-refractivity contribution in [2.45, 2.75) is 39.0 Å². The number of nitrogen functional groups attached to an aromatic ring is 1. The Morgan fingerprint density at radius 1 is 1.19 bits per heavy atom. The number of pyridine rings is 2.